The van der Waals surface area contributed by atoms with Crippen LogP contribution in [0.1, 0.15) is 32.0 Å². The van der Waals surface area contributed by atoms with Gasteiger partial charge in [-0.25, -0.2) is 4.98 Å². The molecule has 1 fully saturated rings. The van der Waals surface area contributed by atoms with Crippen LogP contribution in [0.5, 0.6) is 0 Å². The number of rotatable bonds is 3. The Balaban J connectivity index is 2.00. The molecule has 20 heavy (non-hydrogen) atoms. The molecule has 2 heterocycles. The summed E-state index contributed by atoms with van der Waals surface area (Å²) in [6.07, 6.45) is 3.50. The Labute approximate surface area is 120 Å². The third-order valence-corrected chi connectivity index (χ3v) is 4.42. The molecule has 0 saturated carbocycles. The molecule has 3 rings (SSSR count). The number of benzene rings is 1. The van der Waals surface area contributed by atoms with Crippen LogP contribution in [0, 0.1) is 0 Å². The van der Waals surface area contributed by atoms with E-state index in [4.69, 9.17) is 4.98 Å². The van der Waals surface area contributed by atoms with E-state index in [9.17, 15) is 0 Å². The molecule has 0 aliphatic carbocycles. The van der Waals surface area contributed by atoms with Gasteiger partial charge in [-0.3, -0.25) is 4.68 Å². The van der Waals surface area contributed by atoms with E-state index in [0.29, 0.717) is 0 Å². The average molecular weight is 270 g/mol. The fourth-order valence-corrected chi connectivity index (χ4v) is 3.17. The van der Waals surface area contributed by atoms with Gasteiger partial charge in [-0.1, -0.05) is 37.3 Å². The zero-order chi connectivity index (χ0) is 14.0. The lowest BCUT2D eigenvalue weighted by molar-refractivity contribution is 0.279. The molecular weight excluding hydrogens is 248 g/mol. The molecule has 4 heteroatoms. The number of piperidine rings is 1. The summed E-state index contributed by atoms with van der Waals surface area (Å²) in [6.45, 7) is 4.37. The normalized spacial score (nSPS) is 22.9. The van der Waals surface area contributed by atoms with Crippen molar-refractivity contribution in [2.45, 2.75) is 31.6 Å². The summed E-state index contributed by atoms with van der Waals surface area (Å²) < 4.78 is 1.97. The minimum absolute atomic E-state index is 0.132. The van der Waals surface area contributed by atoms with E-state index in [-0.39, 0.29) is 5.41 Å². The van der Waals surface area contributed by atoms with E-state index in [1.54, 1.807) is 0 Å². The molecule has 1 aliphatic rings. The predicted octanol–water partition coefficient (Wildman–Crippen LogP) is 2.51. The lowest BCUT2D eigenvalue weighted by Crippen LogP contribution is -2.44. The highest BCUT2D eigenvalue weighted by Gasteiger charge is 2.36. The van der Waals surface area contributed by atoms with Crippen molar-refractivity contribution < 1.29 is 0 Å². The van der Waals surface area contributed by atoms with Gasteiger partial charge in [0.15, 0.2) is 5.82 Å². The standard InChI is InChI=1S/C16H22N4/c1-3-16(10-7-11-17-12-16)15-18-14(19-20(15)2)13-8-5-4-6-9-13/h4-6,8-9,17H,3,7,10-12H2,1-2H3. The number of nitrogens with zero attached hydrogens (tertiary/aromatic N) is 3. The van der Waals surface area contributed by atoms with Crippen molar-refractivity contribution in [2.24, 2.45) is 7.05 Å². The molecule has 1 atom stereocenters. The highest BCUT2D eigenvalue weighted by Crippen LogP contribution is 2.34. The summed E-state index contributed by atoms with van der Waals surface area (Å²) in [5.41, 5.74) is 1.22. The zero-order valence-corrected chi connectivity index (χ0v) is 12.3. The quantitative estimate of drug-likeness (QED) is 0.932. The largest absolute Gasteiger partial charge is 0.316 e. The molecule has 2 aromatic rings. The fourth-order valence-electron chi connectivity index (χ4n) is 3.17. The Morgan fingerprint density at radius 3 is 2.75 bits per heavy atom. The fraction of sp³-hybridized carbons (Fsp3) is 0.500. The van der Waals surface area contributed by atoms with E-state index in [1.165, 1.54) is 12.8 Å². The second-order valence-corrected chi connectivity index (χ2v) is 5.66. The second-order valence-electron chi connectivity index (χ2n) is 5.66. The van der Waals surface area contributed by atoms with Gasteiger partial charge in [-0.15, -0.1) is 0 Å². The van der Waals surface area contributed by atoms with Gasteiger partial charge in [0.1, 0.15) is 5.82 Å². The van der Waals surface area contributed by atoms with Crippen molar-refractivity contribution in [3.05, 3.63) is 36.2 Å². The van der Waals surface area contributed by atoms with Gasteiger partial charge in [0.2, 0.25) is 0 Å². The SMILES string of the molecule is CCC1(c2nc(-c3ccccc3)nn2C)CCCNC1. The first-order chi connectivity index (χ1) is 9.75. The van der Waals surface area contributed by atoms with Gasteiger partial charge in [0.05, 0.1) is 0 Å². The maximum absolute atomic E-state index is 4.86. The molecule has 0 bridgehead atoms. The van der Waals surface area contributed by atoms with Crippen LogP contribution in [0.15, 0.2) is 30.3 Å². The summed E-state index contributed by atoms with van der Waals surface area (Å²) in [5.74, 6) is 1.95. The van der Waals surface area contributed by atoms with Crippen LogP contribution in [0.2, 0.25) is 0 Å². The monoisotopic (exact) mass is 270 g/mol. The molecule has 106 valence electrons. The topological polar surface area (TPSA) is 42.7 Å². The van der Waals surface area contributed by atoms with Gasteiger partial charge < -0.3 is 5.32 Å². The molecule has 1 unspecified atom stereocenters. The number of aryl methyl sites for hydroxylation is 1. The Kier molecular flexibility index (Phi) is 3.57. The maximum Gasteiger partial charge on any atom is 0.181 e. The highest BCUT2D eigenvalue weighted by atomic mass is 15.3. The summed E-state index contributed by atoms with van der Waals surface area (Å²) in [7, 11) is 2.01. The molecule has 1 aromatic carbocycles. The summed E-state index contributed by atoms with van der Waals surface area (Å²) in [6, 6.07) is 10.2. The highest BCUT2D eigenvalue weighted by molar-refractivity contribution is 5.54. The lowest BCUT2D eigenvalue weighted by atomic mass is 9.77. The molecule has 4 nitrogen and oxygen atoms in total. The van der Waals surface area contributed by atoms with E-state index in [0.717, 1.165) is 36.7 Å². The molecule has 1 aromatic heterocycles. The maximum atomic E-state index is 4.86. The smallest absolute Gasteiger partial charge is 0.181 e. The zero-order valence-electron chi connectivity index (χ0n) is 12.3. The third kappa shape index (κ3) is 2.24. The lowest BCUT2D eigenvalue weighted by Gasteiger charge is -2.35. The Bertz CT molecular complexity index is 567. The average Bonchev–Trinajstić information content (AvgIpc) is 2.91. The van der Waals surface area contributed by atoms with Crippen molar-refractivity contribution in [1.82, 2.24) is 20.1 Å². The first kappa shape index (κ1) is 13.3. The minimum Gasteiger partial charge on any atom is -0.316 e. The van der Waals surface area contributed by atoms with E-state index in [1.807, 2.05) is 29.9 Å². The number of hydrogen-bond donors (Lipinski definition) is 1. The number of hydrogen-bond acceptors (Lipinski definition) is 3. The van der Waals surface area contributed by atoms with Crippen molar-refractivity contribution in [3.8, 4) is 11.4 Å². The second kappa shape index (κ2) is 5.37. The first-order valence-corrected chi connectivity index (χ1v) is 7.43. The van der Waals surface area contributed by atoms with Crippen molar-refractivity contribution in [3.63, 3.8) is 0 Å². The van der Waals surface area contributed by atoms with Crippen LogP contribution in [0.25, 0.3) is 11.4 Å². The van der Waals surface area contributed by atoms with Crippen LogP contribution in [-0.4, -0.2) is 27.9 Å². The summed E-state index contributed by atoms with van der Waals surface area (Å²) in [5, 5.41) is 8.15. The molecule has 0 amide bonds. The van der Waals surface area contributed by atoms with Crippen LogP contribution < -0.4 is 5.32 Å². The van der Waals surface area contributed by atoms with E-state index >= 15 is 0 Å². The van der Waals surface area contributed by atoms with Crippen molar-refractivity contribution >= 4 is 0 Å². The summed E-state index contributed by atoms with van der Waals surface area (Å²) in [4.78, 5) is 4.86. The number of nitrogens with one attached hydrogen (secondary N) is 1. The third-order valence-electron chi connectivity index (χ3n) is 4.42. The summed E-state index contributed by atoms with van der Waals surface area (Å²) >= 11 is 0. The molecule has 1 saturated heterocycles. The van der Waals surface area contributed by atoms with Gasteiger partial charge >= 0.3 is 0 Å². The van der Waals surface area contributed by atoms with Crippen molar-refractivity contribution in [2.75, 3.05) is 13.1 Å². The van der Waals surface area contributed by atoms with Crippen LogP contribution in [-0.2, 0) is 12.5 Å². The van der Waals surface area contributed by atoms with Gasteiger partial charge in [0, 0.05) is 24.6 Å². The number of aromatic nitrogens is 3. The Hall–Kier alpha value is -1.68. The van der Waals surface area contributed by atoms with E-state index in [2.05, 4.69) is 29.5 Å². The van der Waals surface area contributed by atoms with Gasteiger partial charge in [0.25, 0.3) is 0 Å². The molecule has 0 spiro atoms. The molecular formula is C16H22N4. The Morgan fingerprint density at radius 1 is 1.30 bits per heavy atom. The first-order valence-electron chi connectivity index (χ1n) is 7.43. The Morgan fingerprint density at radius 2 is 2.10 bits per heavy atom. The van der Waals surface area contributed by atoms with Crippen molar-refractivity contribution in [1.29, 1.82) is 0 Å². The van der Waals surface area contributed by atoms with Crippen LogP contribution in [0.3, 0.4) is 0 Å². The predicted molar refractivity (Wildman–Crippen MR) is 80.5 cm³/mol. The van der Waals surface area contributed by atoms with Gasteiger partial charge in [-0.2, -0.15) is 5.10 Å². The minimum atomic E-state index is 0.132. The van der Waals surface area contributed by atoms with E-state index < -0.39 is 0 Å². The molecule has 1 aliphatic heterocycles. The van der Waals surface area contributed by atoms with Crippen LogP contribution >= 0.6 is 0 Å². The molecule has 1 N–H and O–H groups in total. The van der Waals surface area contributed by atoms with Crippen LogP contribution in [0.4, 0.5) is 0 Å². The van der Waals surface area contributed by atoms with Gasteiger partial charge in [-0.05, 0) is 25.8 Å². The molecule has 0 radical (unpaired) electrons.